The van der Waals surface area contributed by atoms with Gasteiger partial charge in [0.05, 0.1) is 12.7 Å². The number of fused-ring (bicyclic) bond motifs is 1. The van der Waals surface area contributed by atoms with Crippen LogP contribution in [-0.2, 0) is 19.5 Å². The van der Waals surface area contributed by atoms with Crippen molar-refractivity contribution in [2.45, 2.75) is 19.5 Å². The summed E-state index contributed by atoms with van der Waals surface area (Å²) in [6.45, 7) is 1.49. The number of hydrogen-bond acceptors (Lipinski definition) is 4. The molecule has 27 heavy (non-hydrogen) atoms. The Bertz CT molecular complexity index is 834. The van der Waals surface area contributed by atoms with Gasteiger partial charge in [-0.05, 0) is 35.2 Å². The minimum absolute atomic E-state index is 0.0324. The van der Waals surface area contributed by atoms with Crippen molar-refractivity contribution >= 4 is 11.9 Å². The summed E-state index contributed by atoms with van der Waals surface area (Å²) >= 11 is 0. The van der Waals surface area contributed by atoms with Crippen LogP contribution in [0.5, 0.6) is 5.75 Å². The number of urea groups is 1. The second kappa shape index (κ2) is 8.07. The van der Waals surface area contributed by atoms with Crippen LogP contribution >= 0.6 is 0 Å². The molecule has 0 spiro atoms. The van der Waals surface area contributed by atoms with Crippen LogP contribution in [0.4, 0.5) is 4.79 Å². The number of hydrogen-bond donors (Lipinski definition) is 1. The molecule has 0 fully saturated rings. The average molecular weight is 368 g/mol. The van der Waals surface area contributed by atoms with E-state index in [9.17, 15) is 9.59 Å². The summed E-state index contributed by atoms with van der Waals surface area (Å²) in [4.78, 5) is 32.4. The van der Waals surface area contributed by atoms with E-state index in [0.29, 0.717) is 31.6 Å². The van der Waals surface area contributed by atoms with Crippen LogP contribution in [0, 0.1) is 0 Å². The van der Waals surface area contributed by atoms with Crippen molar-refractivity contribution < 1.29 is 14.3 Å². The molecule has 1 aromatic heterocycles. The number of methoxy groups -OCH3 is 1. The van der Waals surface area contributed by atoms with Crippen molar-refractivity contribution in [1.29, 1.82) is 0 Å². The highest BCUT2D eigenvalue weighted by atomic mass is 16.5. The minimum Gasteiger partial charge on any atom is -0.497 e. The van der Waals surface area contributed by atoms with Gasteiger partial charge in [-0.2, -0.15) is 0 Å². The van der Waals surface area contributed by atoms with Gasteiger partial charge in [-0.1, -0.05) is 12.1 Å². The molecular formula is C20H24N4O3. The zero-order chi connectivity index (χ0) is 19.4. The largest absolute Gasteiger partial charge is 0.497 e. The van der Waals surface area contributed by atoms with E-state index < -0.39 is 0 Å². The lowest BCUT2D eigenvalue weighted by atomic mass is 9.97. The zero-order valence-corrected chi connectivity index (χ0v) is 15.9. The fourth-order valence-corrected chi connectivity index (χ4v) is 3.16. The number of amides is 3. The van der Waals surface area contributed by atoms with Gasteiger partial charge >= 0.3 is 6.03 Å². The fraction of sp³-hybridized carbons (Fsp3) is 0.350. The Balaban J connectivity index is 1.69. The van der Waals surface area contributed by atoms with E-state index in [1.165, 1.54) is 0 Å². The number of carbonyl (C=O) groups is 2. The molecule has 3 amide bonds. The highest BCUT2D eigenvalue weighted by Gasteiger charge is 2.25. The molecule has 0 atom stereocenters. The molecule has 1 aliphatic heterocycles. The molecule has 1 N–H and O–H groups in total. The lowest BCUT2D eigenvalue weighted by Gasteiger charge is -2.31. The molecular weight excluding hydrogens is 344 g/mol. The molecule has 2 aromatic rings. The lowest BCUT2D eigenvalue weighted by Crippen LogP contribution is -2.42. The van der Waals surface area contributed by atoms with Gasteiger partial charge in [-0.25, -0.2) is 4.79 Å². The Morgan fingerprint density at radius 3 is 2.63 bits per heavy atom. The summed E-state index contributed by atoms with van der Waals surface area (Å²) in [5.41, 5.74) is 3.47. The van der Waals surface area contributed by atoms with Gasteiger partial charge < -0.3 is 19.9 Å². The number of aromatic nitrogens is 1. The van der Waals surface area contributed by atoms with Gasteiger partial charge in [0.25, 0.3) is 5.91 Å². The Morgan fingerprint density at radius 2 is 1.96 bits per heavy atom. The van der Waals surface area contributed by atoms with Crippen LogP contribution in [-0.4, -0.2) is 54.5 Å². The van der Waals surface area contributed by atoms with E-state index in [2.05, 4.69) is 10.3 Å². The first kappa shape index (κ1) is 18.7. The van der Waals surface area contributed by atoms with Gasteiger partial charge in [0.2, 0.25) is 0 Å². The van der Waals surface area contributed by atoms with Crippen molar-refractivity contribution in [2.75, 3.05) is 27.7 Å². The van der Waals surface area contributed by atoms with E-state index in [0.717, 1.165) is 22.4 Å². The number of benzene rings is 1. The van der Waals surface area contributed by atoms with Gasteiger partial charge in [-0.3, -0.25) is 9.78 Å². The monoisotopic (exact) mass is 368 g/mol. The molecule has 0 radical (unpaired) electrons. The molecule has 2 heterocycles. The Hall–Kier alpha value is -3.09. The van der Waals surface area contributed by atoms with Crippen molar-refractivity contribution in [3.63, 3.8) is 0 Å². The second-order valence-electron chi connectivity index (χ2n) is 6.70. The van der Waals surface area contributed by atoms with Crippen LogP contribution in [0.25, 0.3) is 0 Å². The molecule has 7 heteroatoms. The molecule has 142 valence electrons. The summed E-state index contributed by atoms with van der Waals surface area (Å²) in [6.07, 6.45) is 3.99. The van der Waals surface area contributed by atoms with Crippen LogP contribution < -0.4 is 10.1 Å². The third-order valence-electron chi connectivity index (χ3n) is 4.65. The van der Waals surface area contributed by atoms with Crippen molar-refractivity contribution in [1.82, 2.24) is 20.1 Å². The summed E-state index contributed by atoms with van der Waals surface area (Å²) in [7, 11) is 5.09. The molecule has 0 bridgehead atoms. The standard InChI is InChI=1S/C20H24N4O3/c1-23(2)20(26)24-9-8-17-15(13-24)11-21-12-18(17)19(25)22-10-14-4-6-16(27-3)7-5-14/h4-7,11-12H,8-10,13H2,1-3H3,(H,22,25). The predicted octanol–water partition coefficient (Wildman–Crippen LogP) is 2.06. The second-order valence-corrected chi connectivity index (χ2v) is 6.70. The number of rotatable bonds is 4. The SMILES string of the molecule is COc1ccc(CNC(=O)c2cncc3c2CCN(C(=O)N(C)C)C3)cc1. The summed E-state index contributed by atoms with van der Waals surface area (Å²) in [6, 6.07) is 7.54. The maximum Gasteiger partial charge on any atom is 0.319 e. The van der Waals surface area contributed by atoms with Gasteiger partial charge in [0, 0.05) is 46.1 Å². The minimum atomic E-state index is -0.150. The summed E-state index contributed by atoms with van der Waals surface area (Å²) in [5, 5.41) is 2.95. The Kier molecular flexibility index (Phi) is 5.59. The molecule has 1 aliphatic rings. The van der Waals surface area contributed by atoms with E-state index in [1.54, 1.807) is 43.4 Å². The van der Waals surface area contributed by atoms with Crippen molar-refractivity contribution in [3.05, 3.63) is 58.9 Å². The smallest absolute Gasteiger partial charge is 0.319 e. The highest BCUT2D eigenvalue weighted by Crippen LogP contribution is 2.22. The Labute approximate surface area is 158 Å². The van der Waals surface area contributed by atoms with Crippen molar-refractivity contribution in [3.8, 4) is 5.75 Å². The maximum absolute atomic E-state index is 12.7. The van der Waals surface area contributed by atoms with E-state index >= 15 is 0 Å². The number of ether oxygens (including phenoxy) is 1. The highest BCUT2D eigenvalue weighted by molar-refractivity contribution is 5.95. The predicted molar refractivity (Wildman–Crippen MR) is 102 cm³/mol. The average Bonchev–Trinajstić information content (AvgIpc) is 2.70. The van der Waals surface area contributed by atoms with Gasteiger partial charge in [0.15, 0.2) is 0 Å². The van der Waals surface area contributed by atoms with Gasteiger partial charge in [-0.15, -0.1) is 0 Å². The number of nitrogens with one attached hydrogen (secondary N) is 1. The van der Waals surface area contributed by atoms with Crippen LogP contribution in [0.1, 0.15) is 27.0 Å². The quantitative estimate of drug-likeness (QED) is 0.896. The molecule has 0 aliphatic carbocycles. The lowest BCUT2D eigenvalue weighted by molar-refractivity contribution is 0.0949. The molecule has 0 saturated heterocycles. The number of pyridine rings is 1. The first-order valence-corrected chi connectivity index (χ1v) is 8.82. The molecule has 7 nitrogen and oxygen atoms in total. The fourth-order valence-electron chi connectivity index (χ4n) is 3.16. The third-order valence-corrected chi connectivity index (χ3v) is 4.65. The molecule has 3 rings (SSSR count). The van der Waals surface area contributed by atoms with Crippen LogP contribution in [0.3, 0.4) is 0 Å². The number of nitrogens with zero attached hydrogens (tertiary/aromatic N) is 3. The Morgan fingerprint density at radius 1 is 1.22 bits per heavy atom. The van der Waals surface area contributed by atoms with E-state index in [4.69, 9.17) is 4.74 Å². The topological polar surface area (TPSA) is 74.8 Å². The summed E-state index contributed by atoms with van der Waals surface area (Å²) in [5.74, 6) is 0.630. The van der Waals surface area contributed by atoms with Crippen LogP contribution in [0.2, 0.25) is 0 Å². The first-order chi connectivity index (χ1) is 13.0. The zero-order valence-electron chi connectivity index (χ0n) is 15.9. The van der Waals surface area contributed by atoms with E-state index in [1.807, 2.05) is 24.3 Å². The summed E-state index contributed by atoms with van der Waals surface area (Å²) < 4.78 is 5.14. The molecule has 0 unspecified atom stereocenters. The molecule has 1 aromatic carbocycles. The normalized spacial score (nSPS) is 12.9. The maximum atomic E-state index is 12.7. The number of carbonyl (C=O) groups excluding carboxylic acids is 2. The first-order valence-electron chi connectivity index (χ1n) is 8.82. The van der Waals surface area contributed by atoms with Crippen molar-refractivity contribution in [2.24, 2.45) is 0 Å². The van der Waals surface area contributed by atoms with E-state index in [-0.39, 0.29) is 11.9 Å². The van der Waals surface area contributed by atoms with Crippen LogP contribution in [0.15, 0.2) is 36.7 Å². The van der Waals surface area contributed by atoms with Gasteiger partial charge in [0.1, 0.15) is 5.75 Å². The molecule has 0 saturated carbocycles. The third kappa shape index (κ3) is 4.19.